The Labute approximate surface area is 182 Å². The van der Waals surface area contributed by atoms with E-state index in [-0.39, 0.29) is 5.15 Å². The summed E-state index contributed by atoms with van der Waals surface area (Å²) in [6, 6.07) is 14.8. The third-order valence-electron chi connectivity index (χ3n) is 5.41. The van der Waals surface area contributed by atoms with Crippen LogP contribution in [-0.2, 0) is 0 Å². The van der Waals surface area contributed by atoms with Crippen LogP contribution in [0.1, 0.15) is 5.56 Å². The summed E-state index contributed by atoms with van der Waals surface area (Å²) >= 11 is 6.10. The molecule has 6 nitrogen and oxygen atoms in total. The van der Waals surface area contributed by atoms with Crippen LogP contribution in [-0.4, -0.2) is 48.1 Å². The van der Waals surface area contributed by atoms with Crippen molar-refractivity contribution in [3.05, 3.63) is 66.1 Å². The molecule has 154 valence electrons. The summed E-state index contributed by atoms with van der Waals surface area (Å²) in [5.41, 5.74) is 11.8. The number of likely N-dealkylation sites (N-methyl/N-ethyl adjacent to an activating group) is 1. The van der Waals surface area contributed by atoms with E-state index in [4.69, 9.17) is 17.3 Å². The quantitative estimate of drug-likeness (QED) is 0.591. The lowest BCUT2D eigenvalue weighted by atomic mass is 10.0. The molecule has 0 unspecified atom stereocenters. The number of piperazine rings is 1. The average molecular weight is 421 g/mol. The van der Waals surface area contributed by atoms with Crippen LogP contribution >= 0.6 is 11.6 Å². The summed E-state index contributed by atoms with van der Waals surface area (Å²) in [5, 5.41) is 3.63. The highest BCUT2D eigenvalue weighted by molar-refractivity contribution is 6.32. The molecule has 1 aliphatic heterocycles. The number of halogens is 1. The van der Waals surface area contributed by atoms with Gasteiger partial charge in [-0.05, 0) is 35.9 Å². The van der Waals surface area contributed by atoms with E-state index in [1.165, 1.54) is 6.33 Å². The maximum atomic E-state index is 6.11. The van der Waals surface area contributed by atoms with Crippen molar-refractivity contribution in [2.45, 2.75) is 0 Å². The molecule has 2 heterocycles. The molecule has 1 aliphatic rings. The molecule has 0 aliphatic carbocycles. The molecular formula is C23H25ClN6. The minimum absolute atomic E-state index is 0.241. The molecule has 30 heavy (non-hydrogen) atoms. The normalized spacial score (nSPS) is 14.5. The van der Waals surface area contributed by atoms with Gasteiger partial charge in [-0.15, -0.1) is 0 Å². The van der Waals surface area contributed by atoms with Crippen LogP contribution in [0.2, 0.25) is 5.15 Å². The Balaban J connectivity index is 1.73. The van der Waals surface area contributed by atoms with E-state index in [1.54, 1.807) is 0 Å². The number of hydrogen-bond acceptors (Lipinski definition) is 6. The molecule has 0 radical (unpaired) electrons. The van der Waals surface area contributed by atoms with E-state index in [1.807, 2.05) is 6.08 Å². The fourth-order valence-electron chi connectivity index (χ4n) is 3.55. The number of hydrogen-bond donors (Lipinski definition) is 2. The van der Waals surface area contributed by atoms with Crippen molar-refractivity contribution >= 4 is 40.6 Å². The molecule has 0 saturated carbocycles. The maximum Gasteiger partial charge on any atom is 0.158 e. The van der Waals surface area contributed by atoms with Crippen molar-refractivity contribution in [2.75, 3.05) is 49.2 Å². The lowest BCUT2D eigenvalue weighted by molar-refractivity contribution is 0.313. The highest BCUT2D eigenvalue weighted by Gasteiger charge is 2.19. The number of nitrogen functional groups attached to an aromatic ring is 1. The van der Waals surface area contributed by atoms with Gasteiger partial charge in [-0.3, -0.25) is 0 Å². The standard InChI is InChI=1S/C23H25ClN6/c1-3-16-4-6-17(7-5-16)18-8-9-20(30-12-10-29(2)11-13-30)19(14-18)28-23-21(25)22(24)26-15-27-23/h3-9,14-15H,1,10-13,25H2,2H3,(H,26,27,28). The van der Waals surface area contributed by atoms with E-state index in [0.717, 1.165) is 54.2 Å². The summed E-state index contributed by atoms with van der Waals surface area (Å²) in [4.78, 5) is 13.0. The van der Waals surface area contributed by atoms with Gasteiger partial charge in [-0.2, -0.15) is 0 Å². The lowest BCUT2D eigenvalue weighted by Gasteiger charge is -2.35. The molecule has 4 rings (SSSR count). The second-order valence-corrected chi connectivity index (χ2v) is 7.76. The van der Waals surface area contributed by atoms with Gasteiger partial charge < -0.3 is 20.9 Å². The molecule has 7 heteroatoms. The van der Waals surface area contributed by atoms with Crippen LogP contribution in [0.5, 0.6) is 0 Å². The number of aromatic nitrogens is 2. The van der Waals surface area contributed by atoms with E-state index >= 15 is 0 Å². The molecule has 0 amide bonds. The summed E-state index contributed by atoms with van der Waals surface area (Å²) < 4.78 is 0. The number of benzene rings is 2. The predicted molar refractivity (Wildman–Crippen MR) is 126 cm³/mol. The molecule has 1 fully saturated rings. The Morgan fingerprint density at radius 1 is 1.03 bits per heavy atom. The first kappa shape index (κ1) is 20.2. The molecule has 0 atom stereocenters. The fraction of sp³-hybridized carbons (Fsp3) is 0.217. The van der Waals surface area contributed by atoms with Gasteiger partial charge in [0.05, 0.1) is 11.4 Å². The second-order valence-electron chi connectivity index (χ2n) is 7.40. The topological polar surface area (TPSA) is 70.3 Å². The first-order valence-corrected chi connectivity index (χ1v) is 10.3. The third kappa shape index (κ3) is 4.25. The van der Waals surface area contributed by atoms with Gasteiger partial charge in [-0.1, -0.05) is 54.6 Å². The molecule has 2 aromatic carbocycles. The van der Waals surface area contributed by atoms with Gasteiger partial charge in [0.25, 0.3) is 0 Å². The van der Waals surface area contributed by atoms with Crippen molar-refractivity contribution in [3.63, 3.8) is 0 Å². The van der Waals surface area contributed by atoms with Gasteiger partial charge in [0.1, 0.15) is 12.0 Å². The van der Waals surface area contributed by atoms with Crippen LogP contribution in [0.4, 0.5) is 22.9 Å². The van der Waals surface area contributed by atoms with Gasteiger partial charge in [-0.25, -0.2) is 9.97 Å². The van der Waals surface area contributed by atoms with Crippen molar-refractivity contribution in [1.82, 2.24) is 14.9 Å². The molecule has 0 bridgehead atoms. The Kier molecular flexibility index (Phi) is 5.88. The van der Waals surface area contributed by atoms with Crippen LogP contribution in [0.25, 0.3) is 17.2 Å². The first-order chi connectivity index (χ1) is 14.5. The van der Waals surface area contributed by atoms with Crippen molar-refractivity contribution in [1.29, 1.82) is 0 Å². The third-order valence-corrected chi connectivity index (χ3v) is 5.71. The zero-order valence-corrected chi connectivity index (χ0v) is 17.7. The number of nitrogens with two attached hydrogens (primary N) is 1. The van der Waals surface area contributed by atoms with Crippen LogP contribution in [0.15, 0.2) is 55.4 Å². The largest absolute Gasteiger partial charge is 0.393 e. The molecular weight excluding hydrogens is 396 g/mol. The number of anilines is 4. The van der Waals surface area contributed by atoms with Crippen LogP contribution in [0, 0.1) is 0 Å². The fourth-order valence-corrected chi connectivity index (χ4v) is 3.68. The Hall–Kier alpha value is -3.09. The zero-order chi connectivity index (χ0) is 21.1. The zero-order valence-electron chi connectivity index (χ0n) is 17.0. The van der Waals surface area contributed by atoms with Crippen molar-refractivity contribution in [2.24, 2.45) is 0 Å². The van der Waals surface area contributed by atoms with E-state index in [0.29, 0.717) is 11.5 Å². The summed E-state index contributed by atoms with van der Waals surface area (Å²) in [7, 11) is 2.15. The second kappa shape index (κ2) is 8.73. The maximum absolute atomic E-state index is 6.11. The Morgan fingerprint density at radius 3 is 2.43 bits per heavy atom. The number of nitrogens with one attached hydrogen (secondary N) is 1. The summed E-state index contributed by atoms with van der Waals surface area (Å²) in [5.74, 6) is 0.504. The molecule has 1 aromatic heterocycles. The van der Waals surface area contributed by atoms with Crippen LogP contribution < -0.4 is 16.0 Å². The van der Waals surface area contributed by atoms with E-state index in [2.05, 4.69) is 81.2 Å². The molecule has 3 N–H and O–H groups in total. The molecule has 0 spiro atoms. The molecule has 1 saturated heterocycles. The SMILES string of the molecule is C=Cc1ccc(-c2ccc(N3CCN(C)CC3)c(Nc3ncnc(Cl)c3N)c2)cc1. The highest BCUT2D eigenvalue weighted by Crippen LogP contribution is 2.35. The van der Waals surface area contributed by atoms with Crippen LogP contribution in [0.3, 0.4) is 0 Å². The average Bonchev–Trinajstić information content (AvgIpc) is 2.78. The Morgan fingerprint density at radius 2 is 1.73 bits per heavy atom. The van der Waals surface area contributed by atoms with Gasteiger partial charge in [0, 0.05) is 26.2 Å². The predicted octanol–water partition coefficient (Wildman–Crippen LogP) is 4.52. The monoisotopic (exact) mass is 420 g/mol. The van der Waals surface area contributed by atoms with Crippen molar-refractivity contribution in [3.8, 4) is 11.1 Å². The lowest BCUT2D eigenvalue weighted by Crippen LogP contribution is -2.44. The smallest absolute Gasteiger partial charge is 0.158 e. The number of nitrogens with zero attached hydrogens (tertiary/aromatic N) is 4. The minimum atomic E-state index is 0.241. The van der Waals surface area contributed by atoms with E-state index in [9.17, 15) is 0 Å². The number of rotatable bonds is 5. The first-order valence-electron chi connectivity index (χ1n) is 9.88. The van der Waals surface area contributed by atoms with Gasteiger partial charge >= 0.3 is 0 Å². The van der Waals surface area contributed by atoms with Gasteiger partial charge in [0.2, 0.25) is 0 Å². The highest BCUT2D eigenvalue weighted by atomic mass is 35.5. The summed E-state index contributed by atoms with van der Waals surface area (Å²) in [6.07, 6.45) is 3.25. The summed E-state index contributed by atoms with van der Waals surface area (Å²) in [6.45, 7) is 7.78. The van der Waals surface area contributed by atoms with E-state index < -0.39 is 0 Å². The molecule has 3 aromatic rings. The Bertz CT molecular complexity index is 1040. The van der Waals surface area contributed by atoms with Gasteiger partial charge in [0.15, 0.2) is 11.0 Å². The van der Waals surface area contributed by atoms with Crippen molar-refractivity contribution < 1.29 is 0 Å². The minimum Gasteiger partial charge on any atom is -0.393 e.